The van der Waals surface area contributed by atoms with Gasteiger partial charge >= 0.3 is 0 Å². The number of ketones is 1. The van der Waals surface area contributed by atoms with Crippen LogP contribution in [0.25, 0.3) is 5.69 Å². The molecule has 0 spiro atoms. The number of nitrogens with zero attached hydrogens (tertiary/aromatic N) is 3. The van der Waals surface area contributed by atoms with Crippen LogP contribution in [-0.2, 0) is 16.8 Å². The normalized spacial score (nSPS) is 10.6. The second kappa shape index (κ2) is 14.4. The summed E-state index contributed by atoms with van der Waals surface area (Å²) in [5, 5.41) is 12.7. The maximum Gasteiger partial charge on any atom is 0.152 e. The van der Waals surface area contributed by atoms with Crippen LogP contribution in [0.4, 0.5) is 5.82 Å². The maximum absolute atomic E-state index is 10.8. The van der Waals surface area contributed by atoms with Crippen molar-refractivity contribution in [1.29, 1.82) is 5.26 Å². The first-order valence-electron chi connectivity index (χ1n) is 11.8. The zero-order valence-electron chi connectivity index (χ0n) is 22.9. The fraction of sp³-hybridized carbons (Fsp3) is 0.414. The predicted octanol–water partition coefficient (Wildman–Crippen LogP) is 6.45. The minimum atomic E-state index is -0.351. The third-order valence-corrected chi connectivity index (χ3v) is 5.22. The van der Waals surface area contributed by atoms with Crippen molar-refractivity contribution in [1.82, 2.24) is 9.78 Å². The fourth-order valence-electron chi connectivity index (χ4n) is 2.72. The lowest BCUT2D eigenvalue weighted by Crippen LogP contribution is -2.18. The van der Waals surface area contributed by atoms with Crippen LogP contribution in [0, 0.1) is 30.6 Å². The molecule has 0 amide bonds. The van der Waals surface area contributed by atoms with Gasteiger partial charge in [0.25, 0.3) is 0 Å². The Hall–Kier alpha value is -3.14. The molecule has 1 heterocycles. The van der Waals surface area contributed by atoms with Crippen LogP contribution in [0.2, 0.25) is 0 Å². The monoisotopic (exact) mass is 511 g/mol. The van der Waals surface area contributed by atoms with Crippen LogP contribution in [0.5, 0.6) is 0 Å². The van der Waals surface area contributed by atoms with Crippen LogP contribution in [0.15, 0.2) is 54.6 Å². The molecule has 0 aliphatic rings. The number of rotatable bonds is 3. The van der Waals surface area contributed by atoms with E-state index >= 15 is 0 Å². The number of Topliss-reactive ketones (excluding diaryl/α,β-unsaturated/α-hetero) is 1. The van der Waals surface area contributed by atoms with Gasteiger partial charge in [-0.3, -0.25) is 4.79 Å². The second-order valence-electron chi connectivity index (χ2n) is 10.6. The Morgan fingerprint density at radius 3 is 1.75 bits per heavy atom. The molecule has 0 radical (unpaired) electrons. The molecule has 0 aliphatic carbocycles. The zero-order chi connectivity index (χ0) is 26.8. The van der Waals surface area contributed by atoms with Gasteiger partial charge < -0.3 is 11.5 Å². The molecule has 0 saturated carbocycles. The summed E-state index contributed by atoms with van der Waals surface area (Å²) in [6.07, 6.45) is 0.0312. The first kappa shape index (κ1) is 32.9. The number of aryl methyl sites for hydroxylation is 2. The number of anilines is 1. The van der Waals surface area contributed by atoms with Crippen molar-refractivity contribution in [3.8, 4) is 11.8 Å². The molecule has 196 valence electrons. The lowest BCUT2D eigenvalue weighted by Gasteiger charge is -2.14. The Labute approximate surface area is 223 Å². The van der Waals surface area contributed by atoms with Gasteiger partial charge in [-0.05, 0) is 31.5 Å². The quantitative estimate of drug-likeness (QED) is 0.419. The van der Waals surface area contributed by atoms with Gasteiger partial charge in [0, 0.05) is 23.4 Å². The van der Waals surface area contributed by atoms with Crippen LogP contribution in [0.1, 0.15) is 70.3 Å². The van der Waals surface area contributed by atoms with E-state index in [-0.39, 0.29) is 35.4 Å². The highest BCUT2D eigenvalue weighted by Gasteiger charge is 2.20. The minimum Gasteiger partial charge on any atom is -0.384 e. The lowest BCUT2D eigenvalue weighted by molar-refractivity contribution is -0.125. The number of nitrogen functional groups attached to an aromatic ring is 1. The molecular weight excluding hydrogens is 470 g/mol. The molecule has 0 saturated heterocycles. The molecule has 4 N–H and O–H groups in total. The highest BCUT2D eigenvalue weighted by atomic mass is 35.5. The third-order valence-electron chi connectivity index (χ3n) is 5.22. The molecule has 0 bridgehead atoms. The molecule has 36 heavy (non-hydrogen) atoms. The average molecular weight is 512 g/mol. The molecule has 0 unspecified atom stereocenters. The van der Waals surface area contributed by atoms with E-state index < -0.39 is 0 Å². The molecule has 6 nitrogen and oxygen atoms in total. The number of aromatic nitrogens is 2. The van der Waals surface area contributed by atoms with Crippen LogP contribution in [0.3, 0.4) is 0 Å². The molecule has 3 rings (SSSR count). The summed E-state index contributed by atoms with van der Waals surface area (Å²) >= 11 is 0. The number of benzene rings is 2. The van der Waals surface area contributed by atoms with E-state index in [1.54, 1.807) is 4.68 Å². The molecule has 0 fully saturated rings. The van der Waals surface area contributed by atoms with Crippen molar-refractivity contribution in [2.24, 2.45) is 11.1 Å². The highest BCUT2D eigenvalue weighted by molar-refractivity contribution is 5.85. The first-order chi connectivity index (χ1) is 16.2. The fourth-order valence-corrected chi connectivity index (χ4v) is 2.72. The third kappa shape index (κ3) is 11.1. The Balaban J connectivity index is 0.000000552. The minimum absolute atomic E-state index is 0. The van der Waals surface area contributed by atoms with Crippen LogP contribution < -0.4 is 11.5 Å². The van der Waals surface area contributed by atoms with E-state index in [0.29, 0.717) is 12.4 Å². The van der Waals surface area contributed by atoms with Crippen molar-refractivity contribution in [2.45, 2.75) is 73.8 Å². The number of nitrogens with two attached hydrogens (primary N) is 2. The topological polar surface area (TPSA) is 111 Å². The first-order valence-corrected chi connectivity index (χ1v) is 11.8. The van der Waals surface area contributed by atoms with Gasteiger partial charge in [-0.15, -0.1) is 12.4 Å². The number of hydrogen-bond acceptors (Lipinski definition) is 5. The smallest absolute Gasteiger partial charge is 0.152 e. The van der Waals surface area contributed by atoms with Gasteiger partial charge in [0.15, 0.2) is 5.78 Å². The highest BCUT2D eigenvalue weighted by Crippen LogP contribution is 2.24. The molecule has 3 aromatic rings. The summed E-state index contributed by atoms with van der Waals surface area (Å²) in [5.74, 6) is 0.684. The van der Waals surface area contributed by atoms with Crippen molar-refractivity contribution < 1.29 is 4.79 Å². The summed E-state index contributed by atoms with van der Waals surface area (Å²) in [6.45, 7) is 16.6. The standard InChI is InChI=1S/C14H19N3.C8H11N.C7H11NO.ClH/c1-10-5-7-11(8-6-10)17-13(15)9-12(16-17)14(2,3)4;1-7-2-4-8(6-9)5-3-7;1-7(2,3)6(9)4-5-8;/h5-9H,15H2,1-4H3;2-5H,6,9H2,1H3;4H2,1-3H3;1H. The zero-order valence-corrected chi connectivity index (χ0v) is 23.7. The van der Waals surface area contributed by atoms with Gasteiger partial charge in [0.1, 0.15) is 5.82 Å². The second-order valence-corrected chi connectivity index (χ2v) is 10.6. The number of halogens is 1. The summed E-state index contributed by atoms with van der Waals surface area (Å²) in [7, 11) is 0. The summed E-state index contributed by atoms with van der Waals surface area (Å²) in [5.41, 5.74) is 16.8. The van der Waals surface area contributed by atoms with Crippen molar-refractivity contribution in [3.63, 3.8) is 0 Å². The van der Waals surface area contributed by atoms with Gasteiger partial charge in [-0.25, -0.2) is 4.68 Å². The summed E-state index contributed by atoms with van der Waals surface area (Å²) in [4.78, 5) is 10.8. The molecular formula is C29H42ClN5O. The number of nitriles is 1. The van der Waals surface area contributed by atoms with Gasteiger partial charge in [-0.1, -0.05) is 89.1 Å². The summed E-state index contributed by atoms with van der Waals surface area (Å²) < 4.78 is 1.79. The summed E-state index contributed by atoms with van der Waals surface area (Å²) in [6, 6.07) is 20.2. The number of carbonyl (C=O) groups is 1. The Morgan fingerprint density at radius 2 is 1.42 bits per heavy atom. The Kier molecular flexibility index (Phi) is 13.2. The van der Waals surface area contributed by atoms with E-state index in [2.05, 4.69) is 76.1 Å². The Morgan fingerprint density at radius 1 is 0.944 bits per heavy atom. The van der Waals surface area contributed by atoms with E-state index in [9.17, 15) is 4.79 Å². The lowest BCUT2D eigenvalue weighted by atomic mass is 9.89. The number of carbonyl (C=O) groups excluding carboxylic acids is 1. The van der Waals surface area contributed by atoms with E-state index in [1.807, 2.05) is 45.0 Å². The van der Waals surface area contributed by atoms with Crippen LogP contribution in [-0.4, -0.2) is 15.6 Å². The maximum atomic E-state index is 10.8. The average Bonchev–Trinajstić information content (AvgIpc) is 3.17. The molecule has 0 aliphatic heterocycles. The van der Waals surface area contributed by atoms with E-state index in [1.165, 1.54) is 16.7 Å². The Bertz CT molecular complexity index is 1110. The van der Waals surface area contributed by atoms with Gasteiger partial charge in [0.05, 0.1) is 23.9 Å². The molecule has 2 aromatic carbocycles. The largest absolute Gasteiger partial charge is 0.384 e. The van der Waals surface area contributed by atoms with Crippen molar-refractivity contribution in [3.05, 3.63) is 77.0 Å². The van der Waals surface area contributed by atoms with Crippen LogP contribution >= 0.6 is 12.4 Å². The molecule has 0 atom stereocenters. The molecule has 1 aromatic heterocycles. The predicted molar refractivity (Wildman–Crippen MR) is 152 cm³/mol. The van der Waals surface area contributed by atoms with Crippen molar-refractivity contribution >= 4 is 24.0 Å². The number of hydrogen-bond donors (Lipinski definition) is 2. The van der Waals surface area contributed by atoms with E-state index in [4.69, 9.17) is 16.7 Å². The van der Waals surface area contributed by atoms with Crippen molar-refractivity contribution in [2.75, 3.05) is 5.73 Å². The SMILES string of the molecule is CC(C)(C)C(=O)CC#N.Cc1ccc(-n2nc(C(C)(C)C)cc2N)cc1.Cc1ccc(CN)cc1.Cl. The molecule has 7 heteroatoms. The van der Waals surface area contributed by atoms with Gasteiger partial charge in [-0.2, -0.15) is 10.4 Å². The van der Waals surface area contributed by atoms with Gasteiger partial charge in [0.2, 0.25) is 0 Å². The van der Waals surface area contributed by atoms with E-state index in [0.717, 1.165) is 11.4 Å².